The van der Waals surface area contributed by atoms with Crippen LogP contribution in [0.25, 0.3) is 0 Å². The molecular formula is C20H18N4O3. The number of hydrogen-bond acceptors (Lipinski definition) is 4. The van der Waals surface area contributed by atoms with Gasteiger partial charge in [0.2, 0.25) is 5.91 Å². The molecular weight excluding hydrogens is 344 g/mol. The van der Waals surface area contributed by atoms with Gasteiger partial charge in [-0.15, -0.1) is 0 Å². The zero-order valence-electron chi connectivity index (χ0n) is 14.8. The lowest BCUT2D eigenvalue weighted by atomic mass is 10.1. The van der Waals surface area contributed by atoms with Gasteiger partial charge in [0.1, 0.15) is 0 Å². The zero-order valence-corrected chi connectivity index (χ0v) is 14.8. The molecule has 0 spiro atoms. The van der Waals surface area contributed by atoms with E-state index in [9.17, 15) is 14.4 Å². The number of amides is 4. The highest BCUT2D eigenvalue weighted by molar-refractivity contribution is 6.01. The van der Waals surface area contributed by atoms with Crippen LogP contribution in [-0.2, 0) is 17.9 Å². The van der Waals surface area contributed by atoms with Crippen LogP contribution in [0.2, 0.25) is 0 Å². The second-order valence-corrected chi connectivity index (χ2v) is 6.31. The molecule has 1 heterocycles. The third kappa shape index (κ3) is 4.12. The number of benzene rings is 2. The highest BCUT2D eigenvalue weighted by Gasteiger charge is 2.28. The van der Waals surface area contributed by atoms with Crippen molar-refractivity contribution in [3.63, 3.8) is 0 Å². The van der Waals surface area contributed by atoms with E-state index in [0.717, 1.165) is 16.0 Å². The average molecular weight is 362 g/mol. The third-order valence-electron chi connectivity index (χ3n) is 4.30. The molecule has 7 nitrogen and oxygen atoms in total. The molecule has 3 rings (SSSR count). The van der Waals surface area contributed by atoms with Crippen LogP contribution in [0, 0.1) is 11.3 Å². The summed E-state index contributed by atoms with van der Waals surface area (Å²) in [6.45, 7) is 0.585. The molecule has 0 saturated carbocycles. The number of hydrogen-bond donors (Lipinski definition) is 1. The van der Waals surface area contributed by atoms with E-state index >= 15 is 0 Å². The predicted octanol–water partition coefficient (Wildman–Crippen LogP) is 1.88. The number of imide groups is 1. The van der Waals surface area contributed by atoms with Crippen LogP contribution < -0.4 is 5.32 Å². The molecule has 0 unspecified atom stereocenters. The summed E-state index contributed by atoms with van der Waals surface area (Å²) in [5, 5.41) is 11.4. The normalized spacial score (nSPS) is 13.3. The van der Waals surface area contributed by atoms with E-state index < -0.39 is 6.03 Å². The third-order valence-corrected chi connectivity index (χ3v) is 4.30. The number of carbonyl (C=O) groups is 3. The zero-order chi connectivity index (χ0) is 19.4. The summed E-state index contributed by atoms with van der Waals surface area (Å²) >= 11 is 0. The van der Waals surface area contributed by atoms with E-state index in [1.165, 1.54) is 0 Å². The maximum Gasteiger partial charge on any atom is 0.324 e. The van der Waals surface area contributed by atoms with Gasteiger partial charge in [0, 0.05) is 19.2 Å². The standard InChI is InChI=1S/C20H18N4O3/c1-23(12-16-4-2-3-15(9-16)10-21)19(26)17-7-5-14(6-8-17)13-24-18(25)11-22-20(24)27/h2-9H,11-13H2,1H3,(H,22,27). The summed E-state index contributed by atoms with van der Waals surface area (Å²) in [5.41, 5.74) is 2.70. The molecule has 4 amide bonds. The van der Waals surface area contributed by atoms with Crippen molar-refractivity contribution in [2.45, 2.75) is 13.1 Å². The van der Waals surface area contributed by atoms with Crippen LogP contribution in [0.4, 0.5) is 4.79 Å². The first-order chi connectivity index (χ1) is 13.0. The molecule has 1 N–H and O–H groups in total. The molecule has 7 heteroatoms. The van der Waals surface area contributed by atoms with E-state index in [4.69, 9.17) is 5.26 Å². The van der Waals surface area contributed by atoms with E-state index in [-0.39, 0.29) is 24.9 Å². The van der Waals surface area contributed by atoms with Crippen molar-refractivity contribution in [2.24, 2.45) is 0 Å². The summed E-state index contributed by atoms with van der Waals surface area (Å²) < 4.78 is 0. The van der Waals surface area contributed by atoms with Crippen LogP contribution in [-0.4, -0.2) is 41.2 Å². The van der Waals surface area contributed by atoms with E-state index in [1.54, 1.807) is 54.4 Å². The minimum absolute atomic E-state index is 0.0210. The molecule has 0 aliphatic carbocycles. The minimum Gasteiger partial charge on any atom is -0.337 e. The van der Waals surface area contributed by atoms with E-state index in [0.29, 0.717) is 17.7 Å². The van der Waals surface area contributed by atoms with Crippen molar-refractivity contribution >= 4 is 17.8 Å². The molecule has 1 aliphatic rings. The number of nitriles is 1. The fourth-order valence-corrected chi connectivity index (χ4v) is 2.86. The number of rotatable bonds is 5. The van der Waals surface area contributed by atoms with Gasteiger partial charge in [-0.2, -0.15) is 5.26 Å². The largest absolute Gasteiger partial charge is 0.337 e. The van der Waals surface area contributed by atoms with E-state index in [1.807, 2.05) is 6.07 Å². The molecule has 1 fully saturated rings. The highest BCUT2D eigenvalue weighted by Crippen LogP contribution is 2.13. The fourth-order valence-electron chi connectivity index (χ4n) is 2.86. The molecule has 1 saturated heterocycles. The summed E-state index contributed by atoms with van der Waals surface area (Å²) in [4.78, 5) is 38.5. The van der Waals surface area contributed by atoms with Crippen LogP contribution in [0.5, 0.6) is 0 Å². The molecule has 1 aliphatic heterocycles. The first-order valence-electron chi connectivity index (χ1n) is 8.39. The quantitative estimate of drug-likeness (QED) is 0.822. The van der Waals surface area contributed by atoms with Crippen LogP contribution in [0.15, 0.2) is 48.5 Å². The second-order valence-electron chi connectivity index (χ2n) is 6.31. The SMILES string of the molecule is CN(Cc1cccc(C#N)c1)C(=O)c1ccc(CN2C(=O)CNC2=O)cc1. The molecule has 27 heavy (non-hydrogen) atoms. The van der Waals surface area contributed by atoms with Gasteiger partial charge in [-0.1, -0.05) is 24.3 Å². The minimum atomic E-state index is -0.403. The number of carbonyl (C=O) groups excluding carboxylic acids is 3. The maximum absolute atomic E-state index is 12.6. The Morgan fingerprint density at radius 3 is 2.56 bits per heavy atom. The van der Waals surface area contributed by atoms with Crippen molar-refractivity contribution in [2.75, 3.05) is 13.6 Å². The molecule has 0 atom stereocenters. The molecule has 0 aromatic heterocycles. The Morgan fingerprint density at radius 1 is 1.19 bits per heavy atom. The van der Waals surface area contributed by atoms with Gasteiger partial charge in [0.15, 0.2) is 0 Å². The number of nitrogens with zero attached hydrogens (tertiary/aromatic N) is 3. The smallest absolute Gasteiger partial charge is 0.324 e. The Hall–Kier alpha value is -3.66. The number of urea groups is 1. The fraction of sp³-hybridized carbons (Fsp3) is 0.200. The monoisotopic (exact) mass is 362 g/mol. The summed E-state index contributed by atoms with van der Waals surface area (Å²) in [7, 11) is 1.70. The van der Waals surface area contributed by atoms with Gasteiger partial charge in [0.05, 0.1) is 24.7 Å². The molecule has 0 radical (unpaired) electrons. The van der Waals surface area contributed by atoms with Gasteiger partial charge in [-0.05, 0) is 35.4 Å². The predicted molar refractivity (Wildman–Crippen MR) is 97.3 cm³/mol. The Bertz CT molecular complexity index is 915. The Balaban J connectivity index is 1.65. The Kier molecular flexibility index (Phi) is 5.18. The Morgan fingerprint density at radius 2 is 1.93 bits per heavy atom. The van der Waals surface area contributed by atoms with Gasteiger partial charge in [-0.3, -0.25) is 14.5 Å². The molecule has 2 aromatic carbocycles. The lowest BCUT2D eigenvalue weighted by Gasteiger charge is -2.18. The van der Waals surface area contributed by atoms with Crippen molar-refractivity contribution in [1.29, 1.82) is 5.26 Å². The van der Waals surface area contributed by atoms with Crippen molar-refractivity contribution in [3.05, 3.63) is 70.8 Å². The lowest BCUT2D eigenvalue weighted by molar-refractivity contribution is -0.125. The topological polar surface area (TPSA) is 93.5 Å². The van der Waals surface area contributed by atoms with Crippen LogP contribution in [0.3, 0.4) is 0 Å². The average Bonchev–Trinajstić information content (AvgIpc) is 3.00. The summed E-state index contributed by atoms with van der Waals surface area (Å²) in [6, 6.07) is 15.6. The second kappa shape index (κ2) is 7.70. The molecule has 0 bridgehead atoms. The van der Waals surface area contributed by atoms with Gasteiger partial charge < -0.3 is 10.2 Å². The van der Waals surface area contributed by atoms with Crippen LogP contribution >= 0.6 is 0 Å². The van der Waals surface area contributed by atoms with Gasteiger partial charge in [-0.25, -0.2) is 4.79 Å². The van der Waals surface area contributed by atoms with Gasteiger partial charge >= 0.3 is 6.03 Å². The van der Waals surface area contributed by atoms with Crippen molar-refractivity contribution in [1.82, 2.24) is 15.1 Å². The highest BCUT2D eigenvalue weighted by atomic mass is 16.2. The summed E-state index contributed by atoms with van der Waals surface area (Å²) in [6.07, 6.45) is 0. The maximum atomic E-state index is 12.6. The first kappa shape index (κ1) is 18.1. The van der Waals surface area contributed by atoms with E-state index in [2.05, 4.69) is 11.4 Å². The number of nitrogens with one attached hydrogen (secondary N) is 1. The van der Waals surface area contributed by atoms with Crippen molar-refractivity contribution < 1.29 is 14.4 Å². The Labute approximate surface area is 156 Å². The lowest BCUT2D eigenvalue weighted by Crippen LogP contribution is -2.30. The molecule has 2 aromatic rings. The first-order valence-corrected chi connectivity index (χ1v) is 8.39. The summed E-state index contributed by atoms with van der Waals surface area (Å²) in [5.74, 6) is -0.418. The molecule has 136 valence electrons. The van der Waals surface area contributed by atoms with Crippen molar-refractivity contribution in [3.8, 4) is 6.07 Å². The van der Waals surface area contributed by atoms with Crippen LogP contribution in [0.1, 0.15) is 27.0 Å². The van der Waals surface area contributed by atoms with Gasteiger partial charge in [0.25, 0.3) is 5.91 Å².